The zero-order valence-corrected chi connectivity index (χ0v) is 12.3. The molecule has 20 heavy (non-hydrogen) atoms. The molecule has 0 aliphatic rings. The van der Waals surface area contributed by atoms with Crippen molar-refractivity contribution < 1.29 is 0 Å². The minimum absolute atomic E-state index is 0.439. The molecule has 0 saturated heterocycles. The normalized spacial score (nSPS) is 11.2. The number of rotatable bonds is 2. The average Bonchev–Trinajstić information content (AvgIpc) is 2.69. The van der Waals surface area contributed by atoms with Gasteiger partial charge in [0.05, 0.1) is 27.6 Å². The lowest BCUT2D eigenvalue weighted by Crippen LogP contribution is -2.05. The second-order valence-corrected chi connectivity index (χ2v) is 5.43. The third-order valence-electron chi connectivity index (χ3n) is 3.28. The zero-order chi connectivity index (χ0) is 14.3. The first-order valence-corrected chi connectivity index (χ1v) is 6.82. The Balaban J connectivity index is 2.14. The number of aromatic nitrogens is 3. The minimum atomic E-state index is 0.439. The van der Waals surface area contributed by atoms with Gasteiger partial charge in [-0.3, -0.25) is 4.98 Å². The van der Waals surface area contributed by atoms with Crippen molar-refractivity contribution in [1.82, 2.24) is 14.5 Å². The van der Waals surface area contributed by atoms with Crippen LogP contribution in [0.1, 0.15) is 11.1 Å². The van der Waals surface area contributed by atoms with Gasteiger partial charge in [0.15, 0.2) is 0 Å². The number of nitrogens with zero attached hydrogens (tertiary/aromatic N) is 3. The fraction of sp³-hybridized carbons (Fsp3) is 0.143. The molecule has 0 spiro atoms. The first-order valence-electron chi connectivity index (χ1n) is 6.06. The lowest BCUT2D eigenvalue weighted by molar-refractivity contribution is 0.829. The third kappa shape index (κ3) is 2.21. The van der Waals surface area contributed by atoms with Crippen LogP contribution in [-0.2, 0) is 6.54 Å². The van der Waals surface area contributed by atoms with Gasteiger partial charge < -0.3 is 10.3 Å². The van der Waals surface area contributed by atoms with Crippen molar-refractivity contribution in [3.8, 4) is 0 Å². The summed E-state index contributed by atoms with van der Waals surface area (Å²) in [5, 5.41) is 0.968. The molecule has 0 atom stereocenters. The molecule has 102 valence electrons. The standard InChI is InChI=1S/C14H12Cl2N4/c1-8-6-18-3-2-9(8)7-20-13-5-11(16)10(15)4-12(13)19-14(20)17/h2-6H,7H2,1H3,(H2,17,19). The highest BCUT2D eigenvalue weighted by molar-refractivity contribution is 6.42. The smallest absolute Gasteiger partial charge is 0.201 e. The largest absolute Gasteiger partial charge is 0.369 e. The summed E-state index contributed by atoms with van der Waals surface area (Å²) < 4.78 is 1.92. The molecule has 0 fully saturated rings. The minimum Gasteiger partial charge on any atom is -0.369 e. The molecule has 0 saturated carbocycles. The van der Waals surface area contributed by atoms with E-state index < -0.39 is 0 Å². The van der Waals surface area contributed by atoms with Gasteiger partial charge in [-0.1, -0.05) is 23.2 Å². The van der Waals surface area contributed by atoms with E-state index in [4.69, 9.17) is 28.9 Å². The van der Waals surface area contributed by atoms with Gasteiger partial charge in [-0.15, -0.1) is 0 Å². The van der Waals surface area contributed by atoms with Gasteiger partial charge in [-0.2, -0.15) is 0 Å². The van der Waals surface area contributed by atoms with Crippen molar-refractivity contribution in [3.05, 3.63) is 51.8 Å². The lowest BCUT2D eigenvalue weighted by atomic mass is 10.1. The zero-order valence-electron chi connectivity index (χ0n) is 10.8. The monoisotopic (exact) mass is 306 g/mol. The number of aryl methyl sites for hydroxylation is 1. The third-order valence-corrected chi connectivity index (χ3v) is 4.01. The molecule has 2 aromatic heterocycles. The van der Waals surface area contributed by atoms with E-state index in [1.807, 2.05) is 23.8 Å². The highest BCUT2D eigenvalue weighted by atomic mass is 35.5. The topological polar surface area (TPSA) is 56.7 Å². The Kier molecular flexibility index (Phi) is 3.28. The van der Waals surface area contributed by atoms with E-state index in [1.54, 1.807) is 18.3 Å². The lowest BCUT2D eigenvalue weighted by Gasteiger charge is -2.09. The van der Waals surface area contributed by atoms with E-state index in [0.29, 0.717) is 22.5 Å². The van der Waals surface area contributed by atoms with Crippen LogP contribution >= 0.6 is 23.2 Å². The van der Waals surface area contributed by atoms with Crippen LogP contribution in [0.15, 0.2) is 30.6 Å². The van der Waals surface area contributed by atoms with Crippen molar-refractivity contribution in [2.45, 2.75) is 13.5 Å². The first-order chi connectivity index (χ1) is 9.56. The molecule has 6 heteroatoms. The van der Waals surface area contributed by atoms with Gasteiger partial charge >= 0.3 is 0 Å². The van der Waals surface area contributed by atoms with E-state index in [-0.39, 0.29) is 0 Å². The highest BCUT2D eigenvalue weighted by Crippen LogP contribution is 2.29. The number of fused-ring (bicyclic) bond motifs is 1. The van der Waals surface area contributed by atoms with E-state index in [1.165, 1.54) is 0 Å². The van der Waals surface area contributed by atoms with Crippen LogP contribution in [-0.4, -0.2) is 14.5 Å². The second kappa shape index (κ2) is 4.96. The molecule has 0 aliphatic carbocycles. The van der Waals surface area contributed by atoms with Crippen LogP contribution in [0.2, 0.25) is 10.0 Å². The summed E-state index contributed by atoms with van der Waals surface area (Å²) in [4.78, 5) is 8.41. The number of imidazole rings is 1. The molecule has 0 aliphatic heterocycles. The van der Waals surface area contributed by atoms with E-state index >= 15 is 0 Å². The van der Waals surface area contributed by atoms with Crippen LogP contribution in [0.4, 0.5) is 5.95 Å². The number of nitrogen functional groups attached to an aromatic ring is 1. The molecule has 0 amide bonds. The molecule has 2 N–H and O–H groups in total. The Morgan fingerprint density at radius 3 is 2.75 bits per heavy atom. The number of pyridine rings is 1. The Bertz CT molecular complexity index is 795. The van der Waals surface area contributed by atoms with Gasteiger partial charge in [-0.25, -0.2) is 4.98 Å². The van der Waals surface area contributed by atoms with Crippen LogP contribution in [0.3, 0.4) is 0 Å². The number of anilines is 1. The van der Waals surface area contributed by atoms with Crippen molar-refractivity contribution in [3.63, 3.8) is 0 Å². The Morgan fingerprint density at radius 1 is 1.25 bits per heavy atom. The fourth-order valence-electron chi connectivity index (χ4n) is 2.15. The predicted octanol–water partition coefficient (Wildman–Crippen LogP) is 3.68. The number of benzene rings is 1. The van der Waals surface area contributed by atoms with Gasteiger partial charge in [0, 0.05) is 12.4 Å². The Hall–Kier alpha value is -1.78. The van der Waals surface area contributed by atoms with Crippen molar-refractivity contribution in [1.29, 1.82) is 0 Å². The summed E-state index contributed by atoms with van der Waals surface area (Å²) in [6.45, 7) is 2.64. The molecular formula is C14H12Cl2N4. The molecule has 0 radical (unpaired) electrons. The van der Waals surface area contributed by atoms with Crippen LogP contribution in [0.5, 0.6) is 0 Å². The number of hydrogen-bond donors (Lipinski definition) is 1. The van der Waals surface area contributed by atoms with Gasteiger partial charge in [0.2, 0.25) is 5.95 Å². The van der Waals surface area contributed by atoms with Crippen molar-refractivity contribution >= 4 is 40.2 Å². The molecule has 0 bridgehead atoms. The van der Waals surface area contributed by atoms with Crippen LogP contribution < -0.4 is 5.73 Å². The van der Waals surface area contributed by atoms with Crippen LogP contribution in [0, 0.1) is 6.92 Å². The summed E-state index contributed by atoms with van der Waals surface area (Å²) in [6.07, 6.45) is 3.59. The summed E-state index contributed by atoms with van der Waals surface area (Å²) in [6, 6.07) is 5.49. The van der Waals surface area contributed by atoms with Gasteiger partial charge in [0.25, 0.3) is 0 Å². The second-order valence-electron chi connectivity index (χ2n) is 4.61. The average molecular weight is 307 g/mol. The summed E-state index contributed by atoms with van der Waals surface area (Å²) in [5.41, 5.74) is 9.85. The molecule has 1 aromatic carbocycles. The van der Waals surface area contributed by atoms with Gasteiger partial charge in [0.1, 0.15) is 0 Å². The maximum Gasteiger partial charge on any atom is 0.201 e. The summed E-state index contributed by atoms with van der Waals surface area (Å²) in [7, 11) is 0. The number of hydrogen-bond acceptors (Lipinski definition) is 3. The summed E-state index contributed by atoms with van der Waals surface area (Å²) >= 11 is 12.1. The SMILES string of the molecule is Cc1cnccc1Cn1c(N)nc2cc(Cl)c(Cl)cc21. The number of halogens is 2. The first kappa shape index (κ1) is 13.2. The number of nitrogens with two attached hydrogens (primary N) is 1. The molecule has 4 nitrogen and oxygen atoms in total. The van der Waals surface area contributed by atoms with Crippen molar-refractivity contribution in [2.24, 2.45) is 0 Å². The molecular weight excluding hydrogens is 295 g/mol. The molecule has 3 aromatic rings. The highest BCUT2D eigenvalue weighted by Gasteiger charge is 2.12. The molecule has 2 heterocycles. The van der Waals surface area contributed by atoms with E-state index in [9.17, 15) is 0 Å². The maximum absolute atomic E-state index is 6.08. The Labute approximate surface area is 126 Å². The quantitative estimate of drug-likeness (QED) is 0.786. The maximum atomic E-state index is 6.08. The van der Waals surface area contributed by atoms with E-state index in [2.05, 4.69) is 9.97 Å². The van der Waals surface area contributed by atoms with E-state index in [0.717, 1.165) is 22.2 Å². The summed E-state index contributed by atoms with van der Waals surface area (Å²) in [5.74, 6) is 0.439. The predicted molar refractivity (Wildman–Crippen MR) is 82.2 cm³/mol. The van der Waals surface area contributed by atoms with Crippen LogP contribution in [0.25, 0.3) is 11.0 Å². The fourth-order valence-corrected chi connectivity index (χ4v) is 2.47. The van der Waals surface area contributed by atoms with Gasteiger partial charge in [-0.05, 0) is 36.2 Å². The molecule has 3 rings (SSSR count). The molecule has 0 unspecified atom stereocenters. The Morgan fingerprint density at radius 2 is 2.00 bits per heavy atom. The van der Waals surface area contributed by atoms with Crippen molar-refractivity contribution in [2.75, 3.05) is 5.73 Å².